The zero-order valence-corrected chi connectivity index (χ0v) is 23.1. The average Bonchev–Trinajstić information content (AvgIpc) is 3.42. The lowest BCUT2D eigenvalue weighted by atomic mass is 9.72. The van der Waals surface area contributed by atoms with Gasteiger partial charge in [0.05, 0.1) is 17.1 Å². The number of ether oxygens (including phenoxy) is 2. The highest BCUT2D eigenvalue weighted by Gasteiger charge is 2.42. The molecule has 38 heavy (non-hydrogen) atoms. The summed E-state index contributed by atoms with van der Waals surface area (Å²) in [4.78, 5) is 39.3. The molecule has 2 atom stereocenters. The number of thiophene rings is 1. The minimum absolute atomic E-state index is 0.00471. The molecule has 0 radical (unpaired) electrons. The topological polar surface area (TPSA) is 128 Å². The van der Waals surface area contributed by atoms with Crippen LogP contribution in [0.15, 0.2) is 52.2 Å². The molecule has 1 aliphatic carbocycles. The van der Waals surface area contributed by atoms with Crippen LogP contribution < -0.4 is 10.1 Å². The third kappa shape index (κ3) is 5.58. The van der Waals surface area contributed by atoms with Gasteiger partial charge in [-0.15, -0.1) is 11.3 Å². The summed E-state index contributed by atoms with van der Waals surface area (Å²) in [6.45, 7) is 5.81. The number of benzene rings is 1. The van der Waals surface area contributed by atoms with E-state index in [1.165, 1.54) is 12.1 Å². The van der Waals surface area contributed by atoms with Crippen LogP contribution >= 0.6 is 23.1 Å². The molecule has 0 amide bonds. The molecule has 202 valence electrons. The molecule has 0 saturated heterocycles. The molecule has 2 N–H and O–H groups in total. The number of allylic oxidation sites excluding steroid dienone is 3. The number of esters is 1. The Balaban J connectivity index is 1.84. The lowest BCUT2D eigenvalue weighted by Crippen LogP contribution is -2.36. The van der Waals surface area contributed by atoms with E-state index in [1.807, 2.05) is 24.4 Å². The number of aromatic hydroxyl groups is 1. The number of rotatable bonds is 10. The Bertz CT molecular complexity index is 1300. The van der Waals surface area contributed by atoms with Crippen LogP contribution in [0.4, 0.5) is 5.69 Å². The minimum atomic E-state index is -0.909. The summed E-state index contributed by atoms with van der Waals surface area (Å²) in [5.74, 6) is -0.819. The highest BCUT2D eigenvalue weighted by Crippen LogP contribution is 2.49. The quantitative estimate of drug-likeness (QED) is 0.170. The molecule has 2 aliphatic rings. The molecule has 0 fully saturated rings. The number of hydrogen-bond donors (Lipinski definition) is 2. The van der Waals surface area contributed by atoms with Crippen molar-refractivity contribution >= 4 is 40.5 Å². The first-order valence-electron chi connectivity index (χ1n) is 12.4. The van der Waals surface area contributed by atoms with Gasteiger partial charge in [0.25, 0.3) is 0 Å². The Kier molecular flexibility index (Phi) is 8.78. The largest absolute Gasteiger partial charge is 0.500 e. The van der Waals surface area contributed by atoms with Gasteiger partial charge in [-0.2, -0.15) is 11.8 Å². The second-order valence-electron chi connectivity index (χ2n) is 8.94. The number of thioether (sulfide) groups is 1. The van der Waals surface area contributed by atoms with Crippen molar-refractivity contribution in [1.29, 1.82) is 0 Å². The van der Waals surface area contributed by atoms with Gasteiger partial charge in [0, 0.05) is 51.9 Å². The Morgan fingerprint density at radius 2 is 2.11 bits per heavy atom. The highest BCUT2D eigenvalue weighted by atomic mass is 32.2. The van der Waals surface area contributed by atoms with Crippen molar-refractivity contribution in [2.24, 2.45) is 0 Å². The van der Waals surface area contributed by atoms with E-state index >= 15 is 0 Å². The molecule has 2 heterocycles. The van der Waals surface area contributed by atoms with E-state index in [2.05, 4.69) is 5.32 Å². The number of dihydropyridines is 1. The minimum Gasteiger partial charge on any atom is -0.500 e. The van der Waals surface area contributed by atoms with Crippen molar-refractivity contribution in [1.82, 2.24) is 5.32 Å². The Labute approximate surface area is 229 Å². The van der Waals surface area contributed by atoms with E-state index in [4.69, 9.17) is 9.47 Å². The molecule has 0 unspecified atom stereocenters. The first kappa shape index (κ1) is 27.7. The van der Waals surface area contributed by atoms with Crippen molar-refractivity contribution in [3.63, 3.8) is 0 Å². The van der Waals surface area contributed by atoms with Crippen LogP contribution in [0.2, 0.25) is 0 Å². The predicted octanol–water partition coefficient (Wildman–Crippen LogP) is 5.42. The molecule has 1 aromatic heterocycles. The standard InChI is InChI=1S/C27H30N2O7S2/c1-4-35-21-14-17(12-19(26(21)31)29(33)34)24-23(27(32)36-8-10-37-5-2)15(3)28-18-11-16(13-20(30)25(18)24)22-7-6-9-38-22/h6-7,9,12,14,16,24,28,31H,4-5,8,10-11,13H2,1-3H3/t16-,24+/m1/s1. The zero-order chi connectivity index (χ0) is 27.4. The number of Topliss-reactive ketones (excluding diaryl/α,β-unsaturated/α-hetero) is 1. The molecule has 1 aliphatic heterocycles. The predicted molar refractivity (Wildman–Crippen MR) is 147 cm³/mol. The smallest absolute Gasteiger partial charge is 0.336 e. The lowest BCUT2D eigenvalue weighted by Gasteiger charge is -2.36. The summed E-state index contributed by atoms with van der Waals surface area (Å²) < 4.78 is 11.1. The van der Waals surface area contributed by atoms with Crippen molar-refractivity contribution in [3.05, 3.63) is 72.7 Å². The van der Waals surface area contributed by atoms with Gasteiger partial charge in [0.15, 0.2) is 11.5 Å². The van der Waals surface area contributed by atoms with Crippen LogP contribution in [0.25, 0.3) is 0 Å². The summed E-state index contributed by atoms with van der Waals surface area (Å²) in [6, 6.07) is 6.64. The molecule has 9 nitrogen and oxygen atoms in total. The Morgan fingerprint density at radius 1 is 1.32 bits per heavy atom. The van der Waals surface area contributed by atoms with Crippen LogP contribution in [-0.4, -0.2) is 46.5 Å². The molecule has 0 bridgehead atoms. The van der Waals surface area contributed by atoms with Crippen LogP contribution in [-0.2, 0) is 14.3 Å². The molecule has 11 heteroatoms. The molecule has 0 spiro atoms. The fourth-order valence-electron chi connectivity index (χ4n) is 4.97. The Hall–Kier alpha value is -3.31. The first-order valence-corrected chi connectivity index (χ1v) is 14.5. The van der Waals surface area contributed by atoms with Crippen LogP contribution in [0.1, 0.15) is 55.9 Å². The van der Waals surface area contributed by atoms with Crippen molar-refractivity contribution in [2.75, 3.05) is 24.7 Å². The van der Waals surface area contributed by atoms with Gasteiger partial charge in [0.1, 0.15) is 6.61 Å². The number of ketones is 1. The average molecular weight is 559 g/mol. The summed E-state index contributed by atoms with van der Waals surface area (Å²) in [5, 5.41) is 27.5. The van der Waals surface area contributed by atoms with Crippen molar-refractivity contribution < 1.29 is 29.1 Å². The number of nitrogens with one attached hydrogen (secondary N) is 1. The number of carbonyl (C=O) groups is 2. The van der Waals surface area contributed by atoms with E-state index in [1.54, 1.807) is 36.9 Å². The fraction of sp³-hybridized carbons (Fsp3) is 0.407. The molecule has 0 saturated carbocycles. The van der Waals surface area contributed by atoms with Gasteiger partial charge in [0.2, 0.25) is 5.75 Å². The molecular weight excluding hydrogens is 528 g/mol. The van der Waals surface area contributed by atoms with E-state index in [0.29, 0.717) is 34.7 Å². The van der Waals surface area contributed by atoms with Gasteiger partial charge < -0.3 is 19.9 Å². The van der Waals surface area contributed by atoms with Gasteiger partial charge in [-0.25, -0.2) is 4.79 Å². The lowest BCUT2D eigenvalue weighted by molar-refractivity contribution is -0.386. The molecule has 4 rings (SSSR count). The fourth-order valence-corrected chi connectivity index (χ4v) is 6.29. The molecular formula is C27H30N2O7S2. The number of carbonyl (C=O) groups excluding carboxylic acids is 2. The van der Waals surface area contributed by atoms with Gasteiger partial charge in [-0.1, -0.05) is 13.0 Å². The zero-order valence-electron chi connectivity index (χ0n) is 21.4. The van der Waals surface area contributed by atoms with Gasteiger partial charge in [-0.3, -0.25) is 14.9 Å². The number of nitrogens with zero attached hydrogens (tertiary/aromatic N) is 1. The summed E-state index contributed by atoms with van der Waals surface area (Å²) in [5.41, 5.74) is 1.57. The summed E-state index contributed by atoms with van der Waals surface area (Å²) in [6.07, 6.45) is 0.813. The molecule has 2 aromatic rings. The summed E-state index contributed by atoms with van der Waals surface area (Å²) >= 11 is 3.23. The van der Waals surface area contributed by atoms with Crippen LogP contribution in [0.5, 0.6) is 11.5 Å². The maximum absolute atomic E-state index is 13.7. The number of nitro groups is 1. The van der Waals surface area contributed by atoms with Gasteiger partial charge in [-0.05, 0) is 49.1 Å². The first-order chi connectivity index (χ1) is 18.3. The second-order valence-corrected chi connectivity index (χ2v) is 11.3. The van der Waals surface area contributed by atoms with Gasteiger partial charge >= 0.3 is 11.7 Å². The van der Waals surface area contributed by atoms with Crippen LogP contribution in [0, 0.1) is 10.1 Å². The Morgan fingerprint density at radius 3 is 2.76 bits per heavy atom. The maximum atomic E-state index is 13.7. The van der Waals surface area contributed by atoms with E-state index in [9.17, 15) is 24.8 Å². The number of phenolic OH excluding ortho intramolecular Hbond substituents is 1. The number of nitro benzene ring substituents is 1. The number of hydrogen-bond acceptors (Lipinski definition) is 10. The van der Waals surface area contributed by atoms with Crippen molar-refractivity contribution in [3.8, 4) is 11.5 Å². The monoisotopic (exact) mass is 558 g/mol. The van der Waals surface area contributed by atoms with E-state index in [0.717, 1.165) is 10.6 Å². The third-order valence-corrected chi connectivity index (χ3v) is 8.46. The highest BCUT2D eigenvalue weighted by molar-refractivity contribution is 7.99. The van der Waals surface area contributed by atoms with E-state index < -0.39 is 28.2 Å². The van der Waals surface area contributed by atoms with Crippen LogP contribution in [0.3, 0.4) is 0 Å². The number of phenols is 1. The maximum Gasteiger partial charge on any atom is 0.336 e. The summed E-state index contributed by atoms with van der Waals surface area (Å²) in [7, 11) is 0. The van der Waals surface area contributed by atoms with E-state index in [-0.39, 0.29) is 42.7 Å². The third-order valence-electron chi connectivity index (χ3n) is 6.57. The molecule has 1 aromatic carbocycles. The van der Waals surface area contributed by atoms with Crippen molar-refractivity contribution in [2.45, 2.75) is 45.4 Å². The second kappa shape index (κ2) is 12.0. The normalized spacial score (nSPS) is 19.2. The SMILES string of the molecule is CCOc1cc([C@H]2C(C(=O)OCCSCC)=C(C)NC3=C2C(=O)C[C@H](c2cccs2)C3)cc([N+](=O)[O-])c1O.